The third-order valence-corrected chi connectivity index (χ3v) is 3.68. The Kier molecular flexibility index (Phi) is 3.36. The average molecular weight is 257 g/mol. The minimum absolute atomic E-state index is 0.593. The van der Waals surface area contributed by atoms with Crippen LogP contribution in [0.4, 0.5) is 5.69 Å². The van der Waals surface area contributed by atoms with Gasteiger partial charge in [-0.25, -0.2) is 0 Å². The molecular formula is C15H19N3O. The summed E-state index contributed by atoms with van der Waals surface area (Å²) in [5, 5.41) is 1.10. The van der Waals surface area contributed by atoms with Gasteiger partial charge in [-0.1, -0.05) is 31.5 Å². The summed E-state index contributed by atoms with van der Waals surface area (Å²) in [6, 6.07) is 6.31. The van der Waals surface area contributed by atoms with E-state index in [2.05, 4.69) is 30.5 Å². The lowest BCUT2D eigenvalue weighted by atomic mass is 9.99. The van der Waals surface area contributed by atoms with E-state index in [1.54, 1.807) is 0 Å². The molecule has 3 N–H and O–H groups in total. The molecule has 100 valence electrons. The quantitative estimate of drug-likeness (QED) is 0.655. The zero-order valence-electron chi connectivity index (χ0n) is 11.2. The fourth-order valence-corrected chi connectivity index (χ4v) is 2.78. The molecule has 1 aromatic heterocycles. The zero-order chi connectivity index (χ0) is 13.2. The van der Waals surface area contributed by atoms with Crippen molar-refractivity contribution in [2.24, 2.45) is 5.84 Å². The molecule has 1 aliphatic heterocycles. The van der Waals surface area contributed by atoms with Gasteiger partial charge in [-0.15, -0.1) is 0 Å². The van der Waals surface area contributed by atoms with Crippen molar-refractivity contribution in [3.8, 4) is 0 Å². The summed E-state index contributed by atoms with van der Waals surface area (Å²) in [5.41, 5.74) is 8.42. The van der Waals surface area contributed by atoms with Crippen LogP contribution in [0.5, 0.6) is 0 Å². The molecule has 0 atom stereocenters. The van der Waals surface area contributed by atoms with Crippen LogP contribution in [0.15, 0.2) is 18.2 Å². The number of rotatable bonds is 3. The molecule has 19 heavy (non-hydrogen) atoms. The van der Waals surface area contributed by atoms with E-state index in [1.807, 2.05) is 0 Å². The largest absolute Gasteiger partial charge is 0.376 e. The first kappa shape index (κ1) is 12.4. The van der Waals surface area contributed by atoms with Gasteiger partial charge in [0.05, 0.1) is 30.1 Å². The Morgan fingerprint density at radius 1 is 1.42 bits per heavy atom. The van der Waals surface area contributed by atoms with Crippen molar-refractivity contribution < 1.29 is 4.74 Å². The highest BCUT2D eigenvalue weighted by molar-refractivity contribution is 5.95. The number of hydrogen-bond acceptors (Lipinski definition) is 4. The lowest BCUT2D eigenvalue weighted by Gasteiger charge is -2.21. The predicted molar refractivity (Wildman–Crippen MR) is 76.9 cm³/mol. The van der Waals surface area contributed by atoms with E-state index in [4.69, 9.17) is 15.6 Å². The van der Waals surface area contributed by atoms with Gasteiger partial charge >= 0.3 is 0 Å². The molecule has 1 aromatic carbocycles. The second kappa shape index (κ2) is 5.15. The molecular weight excluding hydrogens is 238 g/mol. The first-order valence-corrected chi connectivity index (χ1v) is 6.83. The average Bonchev–Trinajstić information content (AvgIpc) is 2.45. The number of nitrogens with two attached hydrogens (primary N) is 1. The van der Waals surface area contributed by atoms with Crippen LogP contribution in [0.1, 0.15) is 30.2 Å². The van der Waals surface area contributed by atoms with Gasteiger partial charge in [0.2, 0.25) is 0 Å². The minimum Gasteiger partial charge on any atom is -0.376 e. The number of anilines is 1. The number of nitrogen functional groups attached to an aromatic ring is 1. The number of benzene rings is 1. The SMILES string of the molecule is CCCc1cccc2c(NN)c3c(nc12)CCOC3. The van der Waals surface area contributed by atoms with Gasteiger partial charge in [0.25, 0.3) is 0 Å². The summed E-state index contributed by atoms with van der Waals surface area (Å²) in [6.07, 6.45) is 3.02. The van der Waals surface area contributed by atoms with Crippen LogP contribution in [0.3, 0.4) is 0 Å². The Balaban J connectivity index is 2.29. The van der Waals surface area contributed by atoms with Crippen molar-refractivity contribution in [1.82, 2.24) is 4.98 Å². The van der Waals surface area contributed by atoms with Crippen LogP contribution < -0.4 is 11.3 Å². The van der Waals surface area contributed by atoms with E-state index in [9.17, 15) is 0 Å². The van der Waals surface area contributed by atoms with Gasteiger partial charge in [0, 0.05) is 17.4 Å². The Bertz CT molecular complexity index is 610. The third-order valence-electron chi connectivity index (χ3n) is 3.68. The number of para-hydroxylation sites is 1. The molecule has 4 heteroatoms. The van der Waals surface area contributed by atoms with E-state index < -0.39 is 0 Å². The van der Waals surface area contributed by atoms with Gasteiger partial charge in [-0.05, 0) is 12.0 Å². The maximum absolute atomic E-state index is 5.73. The van der Waals surface area contributed by atoms with Crippen molar-refractivity contribution in [1.29, 1.82) is 0 Å². The van der Waals surface area contributed by atoms with Crippen LogP contribution in [-0.2, 0) is 24.2 Å². The molecule has 0 saturated heterocycles. The van der Waals surface area contributed by atoms with Crippen LogP contribution in [0.2, 0.25) is 0 Å². The second-order valence-corrected chi connectivity index (χ2v) is 4.92. The molecule has 2 heterocycles. The van der Waals surface area contributed by atoms with E-state index in [0.717, 1.165) is 53.7 Å². The Hall–Kier alpha value is -1.65. The van der Waals surface area contributed by atoms with Gasteiger partial charge in [-0.2, -0.15) is 0 Å². The summed E-state index contributed by atoms with van der Waals surface area (Å²) >= 11 is 0. The van der Waals surface area contributed by atoms with Gasteiger partial charge in [0.15, 0.2) is 0 Å². The first-order chi connectivity index (χ1) is 9.35. The van der Waals surface area contributed by atoms with Gasteiger partial charge < -0.3 is 10.2 Å². The fraction of sp³-hybridized carbons (Fsp3) is 0.400. The van der Waals surface area contributed by atoms with Crippen LogP contribution in [0.25, 0.3) is 10.9 Å². The van der Waals surface area contributed by atoms with Crippen molar-refractivity contribution >= 4 is 16.6 Å². The molecule has 4 nitrogen and oxygen atoms in total. The van der Waals surface area contributed by atoms with Crippen LogP contribution in [0, 0.1) is 0 Å². The monoisotopic (exact) mass is 257 g/mol. The zero-order valence-corrected chi connectivity index (χ0v) is 11.2. The lowest BCUT2D eigenvalue weighted by molar-refractivity contribution is 0.110. The van der Waals surface area contributed by atoms with Crippen LogP contribution >= 0.6 is 0 Å². The van der Waals surface area contributed by atoms with E-state index >= 15 is 0 Å². The number of hydrogen-bond donors (Lipinski definition) is 2. The number of nitrogens with zero attached hydrogens (tertiary/aromatic N) is 1. The van der Waals surface area contributed by atoms with E-state index in [-0.39, 0.29) is 0 Å². The lowest BCUT2D eigenvalue weighted by Crippen LogP contribution is -2.18. The van der Waals surface area contributed by atoms with Crippen molar-refractivity contribution in [3.63, 3.8) is 0 Å². The molecule has 0 bridgehead atoms. The topological polar surface area (TPSA) is 60.2 Å². The summed E-state index contributed by atoms with van der Waals surface area (Å²) in [5.74, 6) is 5.73. The Morgan fingerprint density at radius 2 is 2.32 bits per heavy atom. The molecule has 0 spiro atoms. The highest BCUT2D eigenvalue weighted by atomic mass is 16.5. The number of aryl methyl sites for hydroxylation is 1. The normalized spacial score (nSPS) is 14.4. The first-order valence-electron chi connectivity index (χ1n) is 6.83. The molecule has 2 aromatic rings. The summed E-state index contributed by atoms with van der Waals surface area (Å²) in [4.78, 5) is 4.87. The molecule has 0 amide bonds. The van der Waals surface area contributed by atoms with Gasteiger partial charge in [-0.3, -0.25) is 10.8 Å². The molecule has 0 fully saturated rings. The standard InChI is InChI=1S/C15H19N3O/c1-2-4-10-5-3-6-11-14(10)17-13-7-8-19-9-12(13)15(11)18-16/h3,5-6H,2,4,7-9,16H2,1H3,(H,17,18). The maximum atomic E-state index is 5.73. The van der Waals surface area contributed by atoms with E-state index in [1.165, 1.54) is 5.56 Å². The molecule has 1 aliphatic rings. The van der Waals surface area contributed by atoms with Crippen molar-refractivity contribution in [3.05, 3.63) is 35.0 Å². The highest BCUT2D eigenvalue weighted by Crippen LogP contribution is 2.32. The van der Waals surface area contributed by atoms with Crippen LogP contribution in [-0.4, -0.2) is 11.6 Å². The molecule has 0 radical (unpaired) electrons. The highest BCUT2D eigenvalue weighted by Gasteiger charge is 2.19. The molecule has 0 aliphatic carbocycles. The number of ether oxygens (including phenoxy) is 1. The predicted octanol–water partition coefficient (Wildman–Crippen LogP) is 2.55. The summed E-state index contributed by atoms with van der Waals surface area (Å²) in [7, 11) is 0. The number of aromatic nitrogens is 1. The van der Waals surface area contributed by atoms with Crippen molar-refractivity contribution in [2.45, 2.75) is 32.8 Å². The third kappa shape index (κ3) is 2.07. The smallest absolute Gasteiger partial charge is 0.0758 e. The molecule has 0 saturated carbocycles. The van der Waals surface area contributed by atoms with Crippen molar-refractivity contribution in [2.75, 3.05) is 12.0 Å². The maximum Gasteiger partial charge on any atom is 0.0758 e. The number of fused-ring (bicyclic) bond motifs is 2. The number of hydrazine groups is 1. The number of pyridine rings is 1. The molecule has 0 unspecified atom stereocenters. The van der Waals surface area contributed by atoms with E-state index in [0.29, 0.717) is 6.61 Å². The molecule has 3 rings (SSSR count). The summed E-state index contributed by atoms with van der Waals surface area (Å²) < 4.78 is 5.53. The van der Waals surface area contributed by atoms with Gasteiger partial charge in [0.1, 0.15) is 0 Å². The Labute approximate surface area is 112 Å². The second-order valence-electron chi connectivity index (χ2n) is 4.92. The number of nitrogens with one attached hydrogen (secondary N) is 1. The minimum atomic E-state index is 0.593. The summed E-state index contributed by atoms with van der Waals surface area (Å²) in [6.45, 7) is 3.52. The fourth-order valence-electron chi connectivity index (χ4n) is 2.78. The Morgan fingerprint density at radius 3 is 3.11 bits per heavy atom.